The van der Waals surface area contributed by atoms with Crippen LogP contribution in [0, 0.1) is 94.1 Å². The maximum atomic E-state index is 9.73. The molecule has 0 bridgehead atoms. The van der Waals surface area contributed by atoms with Gasteiger partial charge in [0.1, 0.15) is 0 Å². The molecule has 241 valence electrons. The Morgan fingerprint density at radius 2 is 0.475 bits per heavy atom. The number of aliphatic hydroxyl groups is 6. The molecule has 0 spiro atoms. The normalized spacial score (nSPS) is 18.0. The molecule has 0 aromatic rings. The third-order valence-corrected chi connectivity index (χ3v) is 7.04. The Balaban J connectivity index is -0.000000240. The van der Waals surface area contributed by atoms with Gasteiger partial charge in [0, 0.05) is 18.3 Å². The van der Waals surface area contributed by atoms with E-state index in [-0.39, 0.29) is 57.1 Å². The van der Waals surface area contributed by atoms with Crippen LogP contribution in [0.4, 0.5) is 0 Å². The number of aliphatic hydroxyl groups excluding tert-OH is 6. The molecule has 0 aliphatic rings. The molecule has 40 heavy (non-hydrogen) atoms. The average molecular weight is 706 g/mol. The topological polar surface area (TPSA) is 121 Å². The molecule has 6 N–H and O–H groups in total. The van der Waals surface area contributed by atoms with Gasteiger partial charge in [0.25, 0.3) is 0 Å². The van der Waals surface area contributed by atoms with Crippen molar-refractivity contribution in [1.29, 1.82) is 0 Å². The van der Waals surface area contributed by atoms with Crippen molar-refractivity contribution in [1.82, 2.24) is 0 Å². The molecule has 0 aliphatic heterocycles. The summed E-state index contributed by atoms with van der Waals surface area (Å²) in [6.07, 6.45) is -1.94. The van der Waals surface area contributed by atoms with Gasteiger partial charge in [-0.15, -0.1) is 16.2 Å². The first-order chi connectivity index (χ1) is 16.6. The summed E-state index contributed by atoms with van der Waals surface area (Å²) in [5.74, 6) is 0. The summed E-state index contributed by atoms with van der Waals surface area (Å²) in [7, 11) is 0. The van der Waals surface area contributed by atoms with E-state index in [2.05, 4.69) is 20.8 Å². The summed E-state index contributed by atoms with van der Waals surface area (Å²) in [4.78, 5) is 0. The minimum Gasteiger partial charge on any atom is -0.395 e. The van der Waals surface area contributed by atoms with Gasteiger partial charge in [-0.05, 0) is 35.5 Å². The van der Waals surface area contributed by atoms with Crippen molar-refractivity contribution in [3.63, 3.8) is 0 Å². The molecule has 6 unspecified atom stereocenters. The minimum atomic E-state index is -0.554. The predicted octanol–water partition coefficient (Wildman–Crippen LogP) is 6.01. The molecule has 6 nitrogen and oxygen atoms in total. The first-order valence-electron chi connectivity index (χ1n) is 14.3. The molecule has 1 radical (unpaired) electrons. The van der Waals surface area contributed by atoms with Gasteiger partial charge in [-0.1, -0.05) is 104 Å². The van der Waals surface area contributed by atoms with E-state index < -0.39 is 52.9 Å². The second-order valence-corrected chi connectivity index (χ2v) is 16.9. The largest absolute Gasteiger partial charge is 3.00 e. The Kier molecular flexibility index (Phi) is 21.8. The van der Waals surface area contributed by atoms with Crippen molar-refractivity contribution in [2.75, 3.05) is 0 Å². The van der Waals surface area contributed by atoms with Crippen LogP contribution in [0.5, 0.6) is 0 Å². The zero-order chi connectivity index (χ0) is 32.6. The molecule has 0 saturated heterocycles. The van der Waals surface area contributed by atoms with E-state index in [4.69, 9.17) is 0 Å². The molecule has 0 aromatic carbocycles. The minimum absolute atomic E-state index is 0. The smallest absolute Gasteiger partial charge is 0.395 e. The Morgan fingerprint density at radius 3 is 0.550 bits per heavy atom. The van der Waals surface area contributed by atoms with Gasteiger partial charge in [0.05, 0.1) is 18.3 Å². The van der Waals surface area contributed by atoms with Crippen LogP contribution in [0.25, 0.3) is 0 Å². The molecule has 0 aromatic heterocycles. The van der Waals surface area contributed by atoms with Crippen LogP contribution in [0.1, 0.15) is 123 Å². The SMILES string of the molecule is [CH2-]C(C)(C)C(O)CC(O)C(C)(C)C.[CH2-]C(C)(C)C(O)CC(O)C(C)(C)C.[CH2-]C(C)(C)C(O)CC(O)C(C)(C)C.[Nd+3]. The molecular formula is C33H69NdO6. The van der Waals surface area contributed by atoms with E-state index in [1.165, 1.54) is 0 Å². The predicted molar refractivity (Wildman–Crippen MR) is 166 cm³/mol. The fraction of sp³-hybridized carbons (Fsp3) is 0.909. The van der Waals surface area contributed by atoms with Gasteiger partial charge in [-0.3, -0.25) is 0 Å². The number of hydrogen-bond acceptors (Lipinski definition) is 6. The third-order valence-electron chi connectivity index (χ3n) is 7.04. The van der Waals surface area contributed by atoms with Crippen LogP contribution >= 0.6 is 0 Å². The van der Waals surface area contributed by atoms with Crippen LogP contribution < -0.4 is 0 Å². The monoisotopic (exact) mass is 703 g/mol. The fourth-order valence-corrected chi connectivity index (χ4v) is 2.65. The van der Waals surface area contributed by atoms with E-state index in [9.17, 15) is 30.6 Å². The Hall–Kier alpha value is 1.11. The molecule has 0 fully saturated rings. The quantitative estimate of drug-likeness (QED) is 0.164. The van der Waals surface area contributed by atoms with Crippen LogP contribution in [0.3, 0.4) is 0 Å². The maximum Gasteiger partial charge on any atom is 3.00 e. The summed E-state index contributed by atoms with van der Waals surface area (Å²) < 4.78 is 0. The zero-order valence-corrected chi connectivity index (χ0v) is 32.1. The molecule has 0 saturated carbocycles. The first kappa shape index (κ1) is 48.0. The molecule has 7 heteroatoms. The second kappa shape index (κ2) is 18.2. The number of rotatable bonds is 9. The summed E-state index contributed by atoms with van der Waals surface area (Å²) in [5.41, 5.74) is -1.71. The van der Waals surface area contributed by atoms with Crippen molar-refractivity contribution in [3.05, 3.63) is 20.8 Å². The fourth-order valence-electron chi connectivity index (χ4n) is 2.65. The van der Waals surface area contributed by atoms with E-state index in [0.29, 0.717) is 19.3 Å². The standard InChI is InChI=1S/3C11H23O2.Nd/c3*1-10(2,3)8(12)7-9(13)11(4,5)6;/h3*8-9,12-13H,1,7H2,2-6H3;/q3*-1;+3. The van der Waals surface area contributed by atoms with Gasteiger partial charge in [-0.25, -0.2) is 0 Å². The van der Waals surface area contributed by atoms with Crippen LogP contribution in [-0.2, 0) is 0 Å². The Labute approximate surface area is 282 Å². The van der Waals surface area contributed by atoms with Gasteiger partial charge in [0.2, 0.25) is 0 Å². The average Bonchev–Trinajstić information content (AvgIpc) is 2.64. The van der Waals surface area contributed by atoms with E-state index in [1.54, 1.807) is 0 Å². The van der Waals surface area contributed by atoms with Crippen molar-refractivity contribution < 1.29 is 71.5 Å². The zero-order valence-electron chi connectivity index (χ0n) is 28.9. The molecule has 6 atom stereocenters. The Morgan fingerprint density at radius 1 is 0.350 bits per heavy atom. The van der Waals surface area contributed by atoms with Gasteiger partial charge < -0.3 is 51.4 Å². The summed E-state index contributed by atoms with van der Waals surface area (Å²) in [6.45, 7) is 40.4. The van der Waals surface area contributed by atoms with E-state index >= 15 is 0 Å². The van der Waals surface area contributed by atoms with Gasteiger partial charge >= 0.3 is 40.8 Å². The van der Waals surface area contributed by atoms with Crippen LogP contribution in [0.2, 0.25) is 0 Å². The second-order valence-electron chi connectivity index (χ2n) is 16.9. The van der Waals surface area contributed by atoms with Crippen LogP contribution in [0.15, 0.2) is 0 Å². The molecule has 0 heterocycles. The van der Waals surface area contributed by atoms with Crippen molar-refractivity contribution >= 4 is 0 Å². The number of hydrogen-bond donors (Lipinski definition) is 6. The van der Waals surface area contributed by atoms with Crippen molar-refractivity contribution in [2.45, 2.75) is 160 Å². The summed E-state index contributed by atoms with van der Waals surface area (Å²) in [6, 6.07) is 0. The molecular weight excluding hydrogens is 637 g/mol. The van der Waals surface area contributed by atoms with Crippen molar-refractivity contribution in [2.24, 2.45) is 32.5 Å². The van der Waals surface area contributed by atoms with E-state index in [1.807, 2.05) is 104 Å². The maximum absolute atomic E-state index is 9.73. The molecule has 0 amide bonds. The molecule has 0 aliphatic carbocycles. The van der Waals surface area contributed by atoms with Gasteiger partial charge in [0.15, 0.2) is 0 Å². The first-order valence-corrected chi connectivity index (χ1v) is 14.3. The third kappa shape index (κ3) is 23.6. The van der Waals surface area contributed by atoms with E-state index in [0.717, 1.165) is 0 Å². The van der Waals surface area contributed by atoms with Crippen LogP contribution in [-0.4, -0.2) is 67.3 Å². The Bertz CT molecular complexity index is 494. The summed E-state index contributed by atoms with van der Waals surface area (Å²) >= 11 is 0. The van der Waals surface area contributed by atoms with Crippen molar-refractivity contribution in [3.8, 4) is 0 Å². The summed E-state index contributed by atoms with van der Waals surface area (Å²) in [5, 5.41) is 58.3. The van der Waals surface area contributed by atoms with Gasteiger partial charge in [-0.2, -0.15) is 0 Å². The molecule has 0 rings (SSSR count).